The van der Waals surface area contributed by atoms with E-state index in [9.17, 15) is 18.7 Å². The van der Waals surface area contributed by atoms with E-state index in [0.717, 1.165) is 36.8 Å². The summed E-state index contributed by atoms with van der Waals surface area (Å²) in [4.78, 5) is 15.2. The van der Waals surface area contributed by atoms with Crippen LogP contribution in [0.2, 0.25) is 0 Å². The first-order valence-electron chi connectivity index (χ1n) is 14.2. The van der Waals surface area contributed by atoms with Crippen molar-refractivity contribution in [3.8, 4) is 0 Å². The molecule has 0 fully saturated rings. The lowest BCUT2D eigenvalue weighted by molar-refractivity contribution is -0.126. The third-order valence-electron chi connectivity index (χ3n) is 7.13. The molecule has 1 N–H and O–H groups in total. The molecular formula is C32H47F2NO2. The highest BCUT2D eigenvalue weighted by Crippen LogP contribution is 2.28. The van der Waals surface area contributed by atoms with E-state index in [1.807, 2.05) is 43.3 Å². The van der Waals surface area contributed by atoms with Crippen molar-refractivity contribution in [3.05, 3.63) is 71.8 Å². The zero-order valence-electron chi connectivity index (χ0n) is 22.9. The topological polar surface area (TPSA) is 40.5 Å². The SMILES string of the molecule is CCCCCCCC(F)(F)CCCCC[C@H](O)CC(=O)[C@H](C)N(Cc1ccccc1)Cc1ccccc1. The molecule has 0 aliphatic heterocycles. The second-order valence-corrected chi connectivity index (χ2v) is 10.5. The van der Waals surface area contributed by atoms with Crippen molar-refractivity contribution in [2.75, 3.05) is 0 Å². The highest BCUT2D eigenvalue weighted by molar-refractivity contribution is 5.84. The number of rotatable bonds is 20. The summed E-state index contributed by atoms with van der Waals surface area (Å²) in [6.45, 7) is 5.32. The van der Waals surface area contributed by atoms with Gasteiger partial charge in [0.1, 0.15) is 0 Å². The standard InChI is InChI=1S/C32H47F2NO2/c1-3-4-5-6-15-22-32(33,34)23-16-9-14-21-30(36)24-31(37)27(2)35(25-28-17-10-7-11-18-28)26-29-19-12-8-13-20-29/h7-8,10-13,17-20,27,30,36H,3-6,9,14-16,21-26H2,1-2H3/t27-,30-/m0/s1. The Bertz CT molecular complexity index is 818. The molecule has 0 spiro atoms. The fraction of sp³-hybridized carbons (Fsp3) is 0.594. The molecule has 2 rings (SSSR count). The van der Waals surface area contributed by atoms with Crippen molar-refractivity contribution >= 4 is 5.78 Å². The minimum atomic E-state index is -2.59. The summed E-state index contributed by atoms with van der Waals surface area (Å²) in [5, 5.41) is 10.5. The Balaban J connectivity index is 1.75. The number of aliphatic hydroxyl groups excluding tert-OH is 1. The molecule has 0 saturated heterocycles. The smallest absolute Gasteiger partial charge is 0.248 e. The second-order valence-electron chi connectivity index (χ2n) is 10.5. The van der Waals surface area contributed by atoms with Gasteiger partial charge < -0.3 is 5.11 Å². The van der Waals surface area contributed by atoms with Crippen molar-refractivity contribution in [1.82, 2.24) is 4.90 Å². The lowest BCUT2D eigenvalue weighted by Crippen LogP contribution is -2.39. The first-order chi connectivity index (χ1) is 17.8. The highest BCUT2D eigenvalue weighted by atomic mass is 19.3. The first kappa shape index (κ1) is 31.1. The van der Waals surface area contributed by atoms with Gasteiger partial charge in [-0.25, -0.2) is 8.78 Å². The summed E-state index contributed by atoms with van der Waals surface area (Å²) >= 11 is 0. The Kier molecular flexibility index (Phi) is 14.6. The van der Waals surface area contributed by atoms with Gasteiger partial charge in [-0.1, -0.05) is 106 Å². The minimum absolute atomic E-state index is 0.00830. The summed E-state index contributed by atoms with van der Waals surface area (Å²) in [7, 11) is 0. The molecule has 3 nitrogen and oxygen atoms in total. The van der Waals surface area contributed by atoms with Gasteiger partial charge in [0.15, 0.2) is 5.78 Å². The van der Waals surface area contributed by atoms with Crippen LogP contribution in [0, 0.1) is 0 Å². The summed E-state index contributed by atoms with van der Waals surface area (Å²) in [5.74, 6) is -2.58. The third-order valence-corrected chi connectivity index (χ3v) is 7.13. The van der Waals surface area contributed by atoms with Gasteiger partial charge in [-0.3, -0.25) is 9.69 Å². The number of unbranched alkanes of at least 4 members (excludes halogenated alkanes) is 6. The molecule has 2 aromatic carbocycles. The minimum Gasteiger partial charge on any atom is -0.393 e. The van der Waals surface area contributed by atoms with Crippen LogP contribution in [-0.4, -0.2) is 33.9 Å². The number of aliphatic hydroxyl groups is 1. The van der Waals surface area contributed by atoms with Gasteiger partial charge >= 0.3 is 0 Å². The molecular weight excluding hydrogens is 468 g/mol. The Morgan fingerprint density at radius 1 is 0.811 bits per heavy atom. The molecule has 0 bridgehead atoms. The van der Waals surface area contributed by atoms with Gasteiger partial charge in [-0.05, 0) is 37.3 Å². The Hall–Kier alpha value is -2.11. The van der Waals surface area contributed by atoms with Crippen molar-refractivity contribution in [3.63, 3.8) is 0 Å². The maximum absolute atomic E-state index is 14.1. The maximum atomic E-state index is 14.1. The van der Waals surface area contributed by atoms with Crippen molar-refractivity contribution in [1.29, 1.82) is 0 Å². The maximum Gasteiger partial charge on any atom is 0.248 e. The van der Waals surface area contributed by atoms with Crippen LogP contribution in [-0.2, 0) is 17.9 Å². The Morgan fingerprint density at radius 3 is 1.81 bits per heavy atom. The van der Waals surface area contributed by atoms with Crippen LogP contribution in [0.15, 0.2) is 60.7 Å². The molecule has 2 atom stereocenters. The van der Waals surface area contributed by atoms with Crippen LogP contribution >= 0.6 is 0 Å². The van der Waals surface area contributed by atoms with E-state index in [4.69, 9.17) is 0 Å². The number of hydrogen-bond donors (Lipinski definition) is 1. The first-order valence-corrected chi connectivity index (χ1v) is 14.2. The van der Waals surface area contributed by atoms with E-state index in [1.54, 1.807) is 0 Å². The van der Waals surface area contributed by atoms with Gasteiger partial charge in [0.25, 0.3) is 0 Å². The lowest BCUT2D eigenvalue weighted by Gasteiger charge is -2.29. The Labute approximate surface area is 223 Å². The molecule has 0 heterocycles. The van der Waals surface area contributed by atoms with Crippen LogP contribution in [0.4, 0.5) is 8.78 Å². The van der Waals surface area contributed by atoms with Crippen molar-refractivity contribution in [2.45, 2.75) is 122 Å². The van der Waals surface area contributed by atoms with Crippen LogP contribution in [0.5, 0.6) is 0 Å². The molecule has 37 heavy (non-hydrogen) atoms. The van der Waals surface area contributed by atoms with Crippen LogP contribution in [0.1, 0.15) is 102 Å². The van der Waals surface area contributed by atoms with E-state index in [2.05, 4.69) is 36.1 Å². The molecule has 0 unspecified atom stereocenters. The van der Waals surface area contributed by atoms with Gasteiger partial charge in [0.2, 0.25) is 5.92 Å². The number of benzene rings is 2. The average molecular weight is 516 g/mol. The number of hydrogen-bond acceptors (Lipinski definition) is 3. The summed E-state index contributed by atoms with van der Waals surface area (Å²) < 4.78 is 28.1. The van der Waals surface area contributed by atoms with Gasteiger partial charge in [0.05, 0.1) is 12.1 Å². The summed E-state index contributed by atoms with van der Waals surface area (Å²) in [5.41, 5.74) is 2.27. The fourth-order valence-corrected chi connectivity index (χ4v) is 4.73. The fourth-order valence-electron chi connectivity index (χ4n) is 4.73. The largest absolute Gasteiger partial charge is 0.393 e. The molecule has 5 heteroatoms. The molecule has 0 amide bonds. The number of halogens is 2. The Morgan fingerprint density at radius 2 is 1.30 bits per heavy atom. The second kappa shape index (κ2) is 17.4. The van der Waals surface area contributed by atoms with Gasteiger partial charge in [-0.2, -0.15) is 0 Å². The van der Waals surface area contributed by atoms with E-state index < -0.39 is 12.0 Å². The predicted octanol–water partition coefficient (Wildman–Crippen LogP) is 8.34. The molecule has 0 saturated carbocycles. The van der Waals surface area contributed by atoms with E-state index >= 15 is 0 Å². The number of alkyl halides is 2. The zero-order valence-corrected chi connectivity index (χ0v) is 22.9. The highest BCUT2D eigenvalue weighted by Gasteiger charge is 2.27. The molecule has 2 aromatic rings. The zero-order chi connectivity index (χ0) is 26.9. The van der Waals surface area contributed by atoms with Gasteiger partial charge in [0, 0.05) is 32.4 Å². The van der Waals surface area contributed by atoms with Crippen molar-refractivity contribution in [2.24, 2.45) is 0 Å². The number of nitrogens with zero attached hydrogens (tertiary/aromatic N) is 1. The molecule has 0 aromatic heterocycles. The molecule has 0 aliphatic rings. The van der Waals surface area contributed by atoms with E-state index in [1.165, 1.54) is 0 Å². The van der Waals surface area contributed by atoms with Crippen molar-refractivity contribution < 1.29 is 18.7 Å². The number of carbonyl (C=O) groups excluding carboxylic acids is 1. The quantitative estimate of drug-likeness (QED) is 0.180. The molecule has 0 aliphatic carbocycles. The number of carbonyl (C=O) groups is 1. The summed E-state index contributed by atoms with van der Waals surface area (Å²) in [6.07, 6.45) is 6.26. The third kappa shape index (κ3) is 13.3. The average Bonchev–Trinajstić information content (AvgIpc) is 2.88. The van der Waals surface area contributed by atoms with Crippen LogP contribution < -0.4 is 0 Å². The van der Waals surface area contributed by atoms with Crippen LogP contribution in [0.25, 0.3) is 0 Å². The lowest BCUT2D eigenvalue weighted by atomic mass is 9.99. The number of Topliss-reactive ketones (excluding diaryl/α,β-unsaturated/α-hetero) is 1. The predicted molar refractivity (Wildman–Crippen MR) is 149 cm³/mol. The van der Waals surface area contributed by atoms with Crippen LogP contribution in [0.3, 0.4) is 0 Å². The number of ketones is 1. The molecule has 0 radical (unpaired) electrons. The normalized spacial score (nSPS) is 13.6. The monoisotopic (exact) mass is 515 g/mol. The molecule has 206 valence electrons. The van der Waals surface area contributed by atoms with Gasteiger partial charge in [-0.15, -0.1) is 0 Å². The van der Waals surface area contributed by atoms with E-state index in [0.29, 0.717) is 45.2 Å². The van der Waals surface area contributed by atoms with E-state index in [-0.39, 0.29) is 31.1 Å². The summed E-state index contributed by atoms with van der Waals surface area (Å²) in [6, 6.07) is 19.8.